The van der Waals surface area contributed by atoms with Crippen LogP contribution in [-0.4, -0.2) is 62.2 Å². The van der Waals surface area contributed by atoms with Crippen LogP contribution in [0.3, 0.4) is 0 Å². The van der Waals surface area contributed by atoms with Gasteiger partial charge in [-0.15, -0.1) is 0 Å². The summed E-state index contributed by atoms with van der Waals surface area (Å²) in [6, 6.07) is 4.88. The predicted molar refractivity (Wildman–Crippen MR) is 92.9 cm³/mol. The highest BCUT2D eigenvalue weighted by atomic mass is 19.1. The topological polar surface area (TPSA) is 42.0 Å². The van der Waals surface area contributed by atoms with Gasteiger partial charge >= 0.3 is 0 Å². The highest BCUT2D eigenvalue weighted by Crippen LogP contribution is 2.29. The minimum Gasteiger partial charge on any atom is -0.496 e. The molecule has 0 spiro atoms. The van der Waals surface area contributed by atoms with Crippen LogP contribution in [0.25, 0.3) is 0 Å². The summed E-state index contributed by atoms with van der Waals surface area (Å²) in [6.45, 7) is 3.64. The zero-order valence-electron chi connectivity index (χ0n) is 15.0. The average Bonchev–Trinajstić information content (AvgIpc) is 3.26. The lowest BCUT2D eigenvalue weighted by Crippen LogP contribution is -2.32. The third-order valence-corrected chi connectivity index (χ3v) is 5.33. The van der Waals surface area contributed by atoms with E-state index < -0.39 is 0 Å². The van der Waals surface area contributed by atoms with E-state index in [0.29, 0.717) is 30.8 Å². The maximum Gasteiger partial charge on any atom is 0.222 e. The molecule has 0 N–H and O–H groups in total. The van der Waals surface area contributed by atoms with Gasteiger partial charge in [0.15, 0.2) is 0 Å². The van der Waals surface area contributed by atoms with Crippen molar-refractivity contribution in [1.29, 1.82) is 0 Å². The van der Waals surface area contributed by atoms with Gasteiger partial charge in [-0.25, -0.2) is 4.39 Å². The number of rotatable bonds is 6. The minimum absolute atomic E-state index is 0.00400. The van der Waals surface area contributed by atoms with E-state index in [4.69, 9.17) is 9.47 Å². The summed E-state index contributed by atoms with van der Waals surface area (Å²) in [5.41, 5.74) is 0.561. The molecule has 1 aromatic rings. The Bertz CT molecular complexity index is 604. The van der Waals surface area contributed by atoms with Gasteiger partial charge in [0, 0.05) is 57.7 Å². The number of carbonyl (C=O) groups is 1. The molecule has 25 heavy (non-hydrogen) atoms. The van der Waals surface area contributed by atoms with Crippen LogP contribution in [0.2, 0.25) is 0 Å². The van der Waals surface area contributed by atoms with E-state index in [1.807, 2.05) is 4.90 Å². The van der Waals surface area contributed by atoms with Gasteiger partial charge < -0.3 is 14.4 Å². The first-order valence-corrected chi connectivity index (χ1v) is 8.96. The Morgan fingerprint density at radius 1 is 1.24 bits per heavy atom. The van der Waals surface area contributed by atoms with E-state index >= 15 is 0 Å². The van der Waals surface area contributed by atoms with Crippen molar-refractivity contribution in [1.82, 2.24) is 9.80 Å². The maximum atomic E-state index is 14.2. The van der Waals surface area contributed by atoms with Crippen molar-refractivity contribution in [2.24, 2.45) is 5.92 Å². The summed E-state index contributed by atoms with van der Waals surface area (Å²) >= 11 is 0. The van der Waals surface area contributed by atoms with E-state index in [2.05, 4.69) is 4.90 Å². The standard InChI is InChI=1S/C19H27FN2O3/c1-24-17-7-5-6-16(20)15(17)12-21-11-14(18(13-21)25-2)10-19(23)22-8-3-4-9-22/h5-7,14,18H,3-4,8-13H2,1-2H3/t14-,18-/m0/s1. The van der Waals surface area contributed by atoms with Crippen molar-refractivity contribution in [3.8, 4) is 5.75 Å². The zero-order valence-corrected chi connectivity index (χ0v) is 15.0. The van der Waals surface area contributed by atoms with Gasteiger partial charge in [-0.2, -0.15) is 0 Å². The molecule has 0 saturated carbocycles. The number of likely N-dealkylation sites (tertiary alicyclic amines) is 2. The Morgan fingerprint density at radius 2 is 2.00 bits per heavy atom. The number of ether oxygens (including phenoxy) is 2. The smallest absolute Gasteiger partial charge is 0.222 e. The van der Waals surface area contributed by atoms with Crippen LogP contribution in [0.5, 0.6) is 5.75 Å². The molecule has 2 fully saturated rings. The van der Waals surface area contributed by atoms with E-state index in [1.54, 1.807) is 26.4 Å². The van der Waals surface area contributed by atoms with Gasteiger partial charge in [-0.05, 0) is 25.0 Å². The Morgan fingerprint density at radius 3 is 2.68 bits per heavy atom. The summed E-state index contributed by atoms with van der Waals surface area (Å²) in [5.74, 6) is 0.668. The largest absolute Gasteiger partial charge is 0.496 e. The molecule has 3 rings (SSSR count). The van der Waals surface area contributed by atoms with Crippen molar-refractivity contribution in [2.75, 3.05) is 40.4 Å². The van der Waals surface area contributed by atoms with Crippen molar-refractivity contribution >= 4 is 5.91 Å². The van der Waals surface area contributed by atoms with Crippen LogP contribution >= 0.6 is 0 Å². The number of benzene rings is 1. The second kappa shape index (κ2) is 8.15. The van der Waals surface area contributed by atoms with Gasteiger partial charge in [0.1, 0.15) is 11.6 Å². The second-order valence-corrected chi connectivity index (χ2v) is 6.94. The van der Waals surface area contributed by atoms with Crippen LogP contribution in [0.15, 0.2) is 18.2 Å². The first-order valence-electron chi connectivity index (χ1n) is 8.96. The van der Waals surface area contributed by atoms with Gasteiger partial charge in [0.25, 0.3) is 0 Å². The number of amides is 1. The van der Waals surface area contributed by atoms with Crippen molar-refractivity contribution < 1.29 is 18.7 Å². The molecule has 0 unspecified atom stereocenters. The Balaban J connectivity index is 1.64. The van der Waals surface area contributed by atoms with Crippen molar-refractivity contribution in [3.05, 3.63) is 29.6 Å². The zero-order chi connectivity index (χ0) is 17.8. The third-order valence-electron chi connectivity index (χ3n) is 5.33. The number of hydrogen-bond donors (Lipinski definition) is 0. The fourth-order valence-corrected chi connectivity index (χ4v) is 3.95. The maximum absolute atomic E-state index is 14.2. The van der Waals surface area contributed by atoms with Crippen LogP contribution in [-0.2, 0) is 16.1 Å². The van der Waals surface area contributed by atoms with Gasteiger partial charge in [-0.1, -0.05) is 6.07 Å². The highest BCUT2D eigenvalue weighted by Gasteiger charge is 2.36. The fraction of sp³-hybridized carbons (Fsp3) is 0.632. The molecule has 2 aliphatic heterocycles. The van der Waals surface area contributed by atoms with E-state index in [9.17, 15) is 9.18 Å². The molecule has 138 valence electrons. The monoisotopic (exact) mass is 350 g/mol. The van der Waals surface area contributed by atoms with E-state index in [0.717, 1.165) is 32.5 Å². The van der Waals surface area contributed by atoms with Crippen LogP contribution in [0, 0.1) is 11.7 Å². The molecule has 0 radical (unpaired) electrons. The summed E-state index contributed by atoms with van der Waals surface area (Å²) in [4.78, 5) is 16.6. The predicted octanol–water partition coefficient (Wildman–Crippen LogP) is 2.29. The lowest BCUT2D eigenvalue weighted by atomic mass is 10.0. The summed E-state index contributed by atoms with van der Waals surface area (Å²) in [6.07, 6.45) is 2.71. The molecule has 2 aliphatic rings. The normalized spacial score (nSPS) is 24.0. The Hall–Kier alpha value is -1.66. The second-order valence-electron chi connectivity index (χ2n) is 6.94. The summed E-state index contributed by atoms with van der Waals surface area (Å²) in [5, 5.41) is 0. The molecule has 2 heterocycles. The molecule has 0 aliphatic carbocycles. The van der Waals surface area contributed by atoms with Crippen LogP contribution < -0.4 is 4.74 Å². The molecule has 1 amide bonds. The van der Waals surface area contributed by atoms with Crippen molar-refractivity contribution in [2.45, 2.75) is 31.9 Å². The van der Waals surface area contributed by atoms with E-state index in [1.165, 1.54) is 6.07 Å². The molecular weight excluding hydrogens is 323 g/mol. The van der Waals surface area contributed by atoms with Gasteiger partial charge in [0.05, 0.1) is 13.2 Å². The molecule has 6 heteroatoms. The molecule has 1 aromatic carbocycles. The molecule has 5 nitrogen and oxygen atoms in total. The quantitative estimate of drug-likeness (QED) is 0.789. The Labute approximate surface area is 148 Å². The molecule has 0 aromatic heterocycles. The number of nitrogens with zero attached hydrogens (tertiary/aromatic N) is 2. The third kappa shape index (κ3) is 4.12. The Kier molecular flexibility index (Phi) is 5.91. The lowest BCUT2D eigenvalue weighted by molar-refractivity contribution is -0.131. The highest BCUT2D eigenvalue weighted by molar-refractivity contribution is 5.76. The SMILES string of the molecule is COc1cccc(F)c1CN1C[C@H](CC(=O)N2CCCC2)[C@@H](OC)C1. The fourth-order valence-electron chi connectivity index (χ4n) is 3.95. The van der Waals surface area contributed by atoms with Gasteiger partial charge in [-0.3, -0.25) is 9.69 Å². The molecule has 0 bridgehead atoms. The van der Waals surface area contributed by atoms with E-state index in [-0.39, 0.29) is 23.7 Å². The summed E-state index contributed by atoms with van der Waals surface area (Å²) in [7, 11) is 3.24. The van der Waals surface area contributed by atoms with Crippen molar-refractivity contribution in [3.63, 3.8) is 0 Å². The van der Waals surface area contributed by atoms with Crippen LogP contribution in [0.4, 0.5) is 4.39 Å². The lowest BCUT2D eigenvalue weighted by Gasteiger charge is -2.21. The number of hydrogen-bond acceptors (Lipinski definition) is 4. The molecular formula is C19H27FN2O3. The molecule has 2 saturated heterocycles. The first kappa shape index (κ1) is 18.1. The number of halogens is 1. The number of methoxy groups -OCH3 is 2. The number of carbonyl (C=O) groups excluding carboxylic acids is 1. The minimum atomic E-state index is -0.259. The molecule has 2 atom stereocenters. The average molecular weight is 350 g/mol. The van der Waals surface area contributed by atoms with Gasteiger partial charge in [0.2, 0.25) is 5.91 Å². The summed E-state index contributed by atoms with van der Waals surface area (Å²) < 4.78 is 25.1. The van der Waals surface area contributed by atoms with Crippen LogP contribution in [0.1, 0.15) is 24.8 Å². The first-order chi connectivity index (χ1) is 12.1.